The van der Waals surface area contributed by atoms with Crippen LogP contribution in [0.5, 0.6) is 0 Å². The average Bonchev–Trinajstić information content (AvgIpc) is 2.50. The number of hydrogen-bond acceptors (Lipinski definition) is 6. The number of aromatic nitrogens is 2. The Morgan fingerprint density at radius 1 is 1.48 bits per heavy atom. The molecule has 0 spiro atoms. The molecular formula is C14H18N4O4S. The van der Waals surface area contributed by atoms with Crippen molar-refractivity contribution in [1.29, 1.82) is 5.26 Å². The Hall–Kier alpha value is -2.34. The molecule has 3 N–H and O–H groups in total. The Balaban J connectivity index is 2.78. The van der Waals surface area contributed by atoms with E-state index in [0.29, 0.717) is 12.1 Å². The number of aromatic amines is 1. The van der Waals surface area contributed by atoms with E-state index < -0.39 is 23.5 Å². The summed E-state index contributed by atoms with van der Waals surface area (Å²) in [5.74, 6) is -1.64. The summed E-state index contributed by atoms with van der Waals surface area (Å²) in [4.78, 5) is 41.1. The molecule has 8 nitrogen and oxygen atoms in total. The van der Waals surface area contributed by atoms with Crippen LogP contribution in [-0.4, -0.2) is 38.7 Å². The second kappa shape index (κ2) is 8.95. The van der Waals surface area contributed by atoms with Gasteiger partial charge in [-0.25, -0.2) is 9.78 Å². The van der Waals surface area contributed by atoms with Gasteiger partial charge in [0, 0.05) is 0 Å². The maximum atomic E-state index is 11.8. The monoisotopic (exact) mass is 338 g/mol. The quantitative estimate of drug-likeness (QED) is 0.468. The maximum absolute atomic E-state index is 11.8. The summed E-state index contributed by atoms with van der Waals surface area (Å²) in [6, 6.07) is 0.889. The van der Waals surface area contributed by atoms with Gasteiger partial charge in [0.25, 0.3) is 5.56 Å². The lowest BCUT2D eigenvalue weighted by molar-refractivity contribution is -0.141. The van der Waals surface area contributed by atoms with Crippen LogP contribution < -0.4 is 10.9 Å². The van der Waals surface area contributed by atoms with E-state index in [9.17, 15) is 14.4 Å². The van der Waals surface area contributed by atoms with E-state index in [1.165, 1.54) is 0 Å². The van der Waals surface area contributed by atoms with E-state index in [0.717, 1.165) is 18.2 Å². The number of carbonyl (C=O) groups is 2. The Kier molecular flexibility index (Phi) is 7.28. The Morgan fingerprint density at radius 3 is 2.70 bits per heavy atom. The van der Waals surface area contributed by atoms with Gasteiger partial charge in [0.05, 0.1) is 11.4 Å². The number of amides is 1. The van der Waals surface area contributed by atoms with Crippen LogP contribution >= 0.6 is 11.8 Å². The SMILES string of the molecule is CCCc1nc(SCC(=O)NC(CC)C(=O)O)[nH]c(=O)c1C#N. The molecule has 0 bridgehead atoms. The van der Waals surface area contributed by atoms with E-state index in [1.807, 2.05) is 13.0 Å². The molecule has 1 rings (SSSR count). The first-order valence-corrected chi connectivity index (χ1v) is 8.09. The molecule has 0 saturated heterocycles. The summed E-state index contributed by atoms with van der Waals surface area (Å²) in [6.45, 7) is 3.56. The fraction of sp³-hybridized carbons (Fsp3) is 0.500. The number of rotatable bonds is 8. The normalized spacial score (nSPS) is 11.5. The number of carboxylic acid groups (broad SMARTS) is 1. The molecule has 1 atom stereocenters. The average molecular weight is 338 g/mol. The summed E-state index contributed by atoms with van der Waals surface area (Å²) in [7, 11) is 0. The third-order valence-electron chi connectivity index (χ3n) is 2.95. The Bertz CT molecular complexity index is 680. The van der Waals surface area contributed by atoms with Crippen LogP contribution in [0.4, 0.5) is 0 Å². The maximum Gasteiger partial charge on any atom is 0.326 e. The van der Waals surface area contributed by atoms with Crippen molar-refractivity contribution in [2.24, 2.45) is 0 Å². The van der Waals surface area contributed by atoms with Crippen molar-refractivity contribution in [2.45, 2.75) is 44.3 Å². The molecule has 1 heterocycles. The van der Waals surface area contributed by atoms with Crippen LogP contribution in [0.1, 0.15) is 37.9 Å². The van der Waals surface area contributed by atoms with Gasteiger partial charge in [0.2, 0.25) is 5.91 Å². The minimum absolute atomic E-state index is 0.0161. The van der Waals surface area contributed by atoms with Gasteiger partial charge in [0.1, 0.15) is 17.7 Å². The summed E-state index contributed by atoms with van der Waals surface area (Å²) < 4.78 is 0. The van der Waals surface area contributed by atoms with Crippen molar-refractivity contribution in [3.8, 4) is 6.07 Å². The van der Waals surface area contributed by atoms with Crippen LogP contribution in [-0.2, 0) is 16.0 Å². The molecule has 0 saturated carbocycles. The van der Waals surface area contributed by atoms with Crippen molar-refractivity contribution in [1.82, 2.24) is 15.3 Å². The van der Waals surface area contributed by atoms with Gasteiger partial charge in [0.15, 0.2) is 5.16 Å². The Morgan fingerprint density at radius 2 is 2.17 bits per heavy atom. The van der Waals surface area contributed by atoms with Crippen molar-refractivity contribution in [2.75, 3.05) is 5.75 Å². The second-order valence-corrected chi connectivity index (χ2v) is 5.67. The number of nitriles is 1. The van der Waals surface area contributed by atoms with Gasteiger partial charge in [-0.1, -0.05) is 32.0 Å². The molecule has 1 aromatic heterocycles. The van der Waals surface area contributed by atoms with E-state index in [2.05, 4.69) is 15.3 Å². The molecule has 1 aromatic rings. The topological polar surface area (TPSA) is 136 Å². The molecule has 0 radical (unpaired) electrons. The lowest BCUT2D eigenvalue weighted by atomic mass is 10.1. The molecule has 124 valence electrons. The van der Waals surface area contributed by atoms with E-state index in [1.54, 1.807) is 6.92 Å². The molecule has 0 aliphatic rings. The molecular weight excluding hydrogens is 320 g/mol. The van der Waals surface area contributed by atoms with Crippen LogP contribution in [0.25, 0.3) is 0 Å². The van der Waals surface area contributed by atoms with E-state index in [-0.39, 0.29) is 22.9 Å². The van der Waals surface area contributed by atoms with E-state index in [4.69, 9.17) is 10.4 Å². The molecule has 0 fully saturated rings. The number of aliphatic carboxylic acids is 1. The predicted molar refractivity (Wildman–Crippen MR) is 84.1 cm³/mol. The summed E-state index contributed by atoms with van der Waals surface area (Å²) in [5.41, 5.74) is -0.151. The standard InChI is InChI=1S/C14H18N4O4S/c1-3-5-10-8(6-15)12(20)18-14(17-10)23-7-11(19)16-9(4-2)13(21)22/h9H,3-5,7H2,1-2H3,(H,16,19)(H,21,22)(H,17,18,20). The minimum Gasteiger partial charge on any atom is -0.480 e. The summed E-state index contributed by atoms with van der Waals surface area (Å²) in [6.07, 6.45) is 1.49. The molecule has 0 aliphatic carbocycles. The molecule has 1 unspecified atom stereocenters. The number of carboxylic acids is 1. The fourth-order valence-electron chi connectivity index (χ4n) is 1.81. The van der Waals surface area contributed by atoms with Crippen LogP contribution in [0.2, 0.25) is 0 Å². The van der Waals surface area contributed by atoms with Gasteiger partial charge in [-0.3, -0.25) is 9.59 Å². The Labute approximate surface area is 137 Å². The number of H-pyrrole nitrogens is 1. The zero-order valence-electron chi connectivity index (χ0n) is 12.9. The highest BCUT2D eigenvalue weighted by atomic mass is 32.2. The lowest BCUT2D eigenvalue weighted by Crippen LogP contribution is -2.41. The highest BCUT2D eigenvalue weighted by Crippen LogP contribution is 2.13. The number of aryl methyl sites for hydroxylation is 1. The zero-order valence-corrected chi connectivity index (χ0v) is 13.7. The molecule has 23 heavy (non-hydrogen) atoms. The number of nitrogens with one attached hydrogen (secondary N) is 2. The number of nitrogens with zero attached hydrogens (tertiary/aromatic N) is 2. The van der Waals surface area contributed by atoms with Crippen LogP contribution in [0.15, 0.2) is 9.95 Å². The largest absolute Gasteiger partial charge is 0.480 e. The van der Waals surface area contributed by atoms with Crippen molar-refractivity contribution in [3.05, 3.63) is 21.6 Å². The van der Waals surface area contributed by atoms with Crippen molar-refractivity contribution >= 4 is 23.6 Å². The van der Waals surface area contributed by atoms with Crippen LogP contribution in [0.3, 0.4) is 0 Å². The first-order chi connectivity index (χ1) is 10.9. The third kappa shape index (κ3) is 5.41. The number of hydrogen-bond donors (Lipinski definition) is 3. The number of thioether (sulfide) groups is 1. The van der Waals surface area contributed by atoms with Crippen LogP contribution in [0, 0.1) is 11.3 Å². The summed E-state index contributed by atoms with van der Waals surface area (Å²) in [5, 5.41) is 20.5. The molecule has 1 amide bonds. The molecule has 0 aliphatic heterocycles. The van der Waals surface area contributed by atoms with Gasteiger partial charge in [-0.2, -0.15) is 5.26 Å². The number of carbonyl (C=O) groups excluding carboxylic acids is 1. The van der Waals surface area contributed by atoms with Crippen molar-refractivity contribution < 1.29 is 14.7 Å². The van der Waals surface area contributed by atoms with Crippen molar-refractivity contribution in [3.63, 3.8) is 0 Å². The van der Waals surface area contributed by atoms with E-state index >= 15 is 0 Å². The van der Waals surface area contributed by atoms with Gasteiger partial charge < -0.3 is 15.4 Å². The van der Waals surface area contributed by atoms with Gasteiger partial charge >= 0.3 is 5.97 Å². The second-order valence-electron chi connectivity index (χ2n) is 4.71. The third-order valence-corrected chi connectivity index (χ3v) is 3.83. The van der Waals surface area contributed by atoms with Gasteiger partial charge in [-0.05, 0) is 12.8 Å². The first-order valence-electron chi connectivity index (χ1n) is 7.11. The summed E-state index contributed by atoms with van der Waals surface area (Å²) >= 11 is 0.985. The smallest absolute Gasteiger partial charge is 0.326 e. The minimum atomic E-state index is -1.10. The molecule has 0 aromatic carbocycles. The van der Waals surface area contributed by atoms with Gasteiger partial charge in [-0.15, -0.1) is 0 Å². The fourth-order valence-corrected chi connectivity index (χ4v) is 2.50. The molecule has 9 heteroatoms. The predicted octanol–water partition coefficient (Wildman–Crippen LogP) is 0.666. The highest BCUT2D eigenvalue weighted by molar-refractivity contribution is 7.99. The first kappa shape index (κ1) is 18.7. The highest BCUT2D eigenvalue weighted by Gasteiger charge is 2.18. The lowest BCUT2D eigenvalue weighted by Gasteiger charge is -2.11. The zero-order chi connectivity index (χ0) is 17.4.